The highest BCUT2D eigenvalue weighted by atomic mass is 16.5. The van der Waals surface area contributed by atoms with Gasteiger partial charge in [-0.25, -0.2) is 4.79 Å². The van der Waals surface area contributed by atoms with Crippen molar-refractivity contribution in [2.24, 2.45) is 0 Å². The van der Waals surface area contributed by atoms with Crippen LogP contribution in [0.4, 0.5) is 0 Å². The van der Waals surface area contributed by atoms with Gasteiger partial charge >= 0.3 is 5.97 Å². The molecule has 2 heterocycles. The van der Waals surface area contributed by atoms with Crippen LogP contribution in [0.15, 0.2) is 12.4 Å². The molecule has 1 saturated heterocycles. The molecular weight excluding hydrogens is 288 g/mol. The van der Waals surface area contributed by atoms with Gasteiger partial charge in [-0.15, -0.1) is 0 Å². The molecule has 0 N–H and O–H groups in total. The molecule has 1 aromatic rings. The Bertz CT molecular complexity index is 569. The second kappa shape index (κ2) is 7.06. The van der Waals surface area contributed by atoms with E-state index in [4.69, 9.17) is 0 Å². The highest BCUT2D eigenvalue weighted by Crippen LogP contribution is 2.09. The highest BCUT2D eigenvalue weighted by molar-refractivity contribution is 5.88. The van der Waals surface area contributed by atoms with Crippen LogP contribution in [-0.4, -0.2) is 71.2 Å². The second-order valence-electron chi connectivity index (χ2n) is 5.22. The first-order valence-corrected chi connectivity index (χ1v) is 7.13. The summed E-state index contributed by atoms with van der Waals surface area (Å²) in [6, 6.07) is 0. The molecule has 0 radical (unpaired) electrons. The minimum atomic E-state index is -0.486. The third kappa shape index (κ3) is 3.84. The van der Waals surface area contributed by atoms with Gasteiger partial charge in [0.2, 0.25) is 11.8 Å². The summed E-state index contributed by atoms with van der Waals surface area (Å²) in [5, 5.41) is 3.96. The van der Waals surface area contributed by atoms with E-state index in [2.05, 4.69) is 9.84 Å². The summed E-state index contributed by atoms with van der Waals surface area (Å²) in [7, 11) is 2.98. The summed E-state index contributed by atoms with van der Waals surface area (Å²) >= 11 is 0. The number of carbonyl (C=O) groups excluding carboxylic acids is 3. The normalized spacial score (nSPS) is 14.3. The van der Waals surface area contributed by atoms with Gasteiger partial charge in [0.15, 0.2) is 0 Å². The number of rotatable bonds is 6. The molecular formula is C14H20N4O4. The maximum atomic E-state index is 12.1. The lowest BCUT2D eigenvalue weighted by molar-refractivity contribution is -0.133. The molecule has 0 aliphatic carbocycles. The fraction of sp³-hybridized carbons (Fsp3) is 0.571. The fourth-order valence-electron chi connectivity index (χ4n) is 2.27. The molecule has 0 atom stereocenters. The first kappa shape index (κ1) is 16.0. The van der Waals surface area contributed by atoms with Crippen molar-refractivity contribution < 1.29 is 19.1 Å². The van der Waals surface area contributed by atoms with Gasteiger partial charge in [0.25, 0.3) is 0 Å². The van der Waals surface area contributed by atoms with Crippen LogP contribution in [0.5, 0.6) is 0 Å². The number of methoxy groups -OCH3 is 1. The van der Waals surface area contributed by atoms with Crippen molar-refractivity contribution in [1.82, 2.24) is 19.6 Å². The summed E-state index contributed by atoms with van der Waals surface area (Å²) in [6.45, 7) is 1.84. The van der Waals surface area contributed by atoms with E-state index in [1.807, 2.05) is 0 Å². The topological polar surface area (TPSA) is 84.7 Å². The van der Waals surface area contributed by atoms with Crippen LogP contribution >= 0.6 is 0 Å². The Labute approximate surface area is 128 Å². The van der Waals surface area contributed by atoms with Crippen LogP contribution in [0.1, 0.15) is 23.2 Å². The SMILES string of the molecule is COC(=O)c1cnn(CC(=O)N(C)CCN2CCCC2=O)c1. The van der Waals surface area contributed by atoms with E-state index in [1.54, 1.807) is 16.8 Å². The third-order valence-corrected chi connectivity index (χ3v) is 3.65. The quantitative estimate of drug-likeness (QED) is 0.677. The number of carbonyl (C=O) groups is 3. The molecule has 8 heteroatoms. The predicted molar refractivity (Wildman–Crippen MR) is 77.0 cm³/mol. The summed E-state index contributed by atoms with van der Waals surface area (Å²) in [4.78, 5) is 38.3. The molecule has 1 aliphatic rings. The van der Waals surface area contributed by atoms with Crippen molar-refractivity contribution >= 4 is 17.8 Å². The molecule has 2 amide bonds. The van der Waals surface area contributed by atoms with Crippen LogP contribution in [0.2, 0.25) is 0 Å². The average molecular weight is 308 g/mol. The van der Waals surface area contributed by atoms with Crippen LogP contribution in [-0.2, 0) is 20.9 Å². The van der Waals surface area contributed by atoms with Crippen molar-refractivity contribution in [1.29, 1.82) is 0 Å². The molecule has 0 aromatic carbocycles. The minimum Gasteiger partial charge on any atom is -0.465 e. The average Bonchev–Trinajstić information content (AvgIpc) is 3.13. The van der Waals surface area contributed by atoms with E-state index in [9.17, 15) is 14.4 Å². The van der Waals surface area contributed by atoms with Gasteiger partial charge in [-0.1, -0.05) is 0 Å². The van der Waals surface area contributed by atoms with Crippen LogP contribution < -0.4 is 0 Å². The summed E-state index contributed by atoms with van der Waals surface area (Å²) in [6.07, 6.45) is 4.32. The Kier molecular flexibility index (Phi) is 5.13. The van der Waals surface area contributed by atoms with E-state index in [-0.39, 0.29) is 18.4 Å². The monoisotopic (exact) mass is 308 g/mol. The third-order valence-electron chi connectivity index (χ3n) is 3.65. The van der Waals surface area contributed by atoms with E-state index in [1.165, 1.54) is 24.2 Å². The first-order chi connectivity index (χ1) is 10.5. The molecule has 22 heavy (non-hydrogen) atoms. The van der Waals surface area contributed by atoms with Gasteiger partial charge in [-0.05, 0) is 6.42 Å². The lowest BCUT2D eigenvalue weighted by Gasteiger charge is -2.21. The highest BCUT2D eigenvalue weighted by Gasteiger charge is 2.21. The second-order valence-corrected chi connectivity index (χ2v) is 5.22. The van der Waals surface area contributed by atoms with Crippen molar-refractivity contribution in [2.75, 3.05) is 33.8 Å². The number of hydrogen-bond acceptors (Lipinski definition) is 5. The number of esters is 1. The summed E-state index contributed by atoms with van der Waals surface area (Å²) in [5.41, 5.74) is 0.306. The number of nitrogens with zero attached hydrogens (tertiary/aromatic N) is 4. The maximum absolute atomic E-state index is 12.1. The van der Waals surface area contributed by atoms with Crippen molar-refractivity contribution in [3.05, 3.63) is 18.0 Å². The number of ether oxygens (including phenoxy) is 1. The Balaban J connectivity index is 1.82. The molecule has 120 valence electrons. The zero-order valence-electron chi connectivity index (χ0n) is 12.8. The number of hydrogen-bond donors (Lipinski definition) is 0. The van der Waals surface area contributed by atoms with Crippen molar-refractivity contribution in [3.63, 3.8) is 0 Å². The van der Waals surface area contributed by atoms with Gasteiger partial charge in [-0.2, -0.15) is 5.10 Å². The number of amides is 2. The van der Waals surface area contributed by atoms with Crippen molar-refractivity contribution in [2.45, 2.75) is 19.4 Å². The number of aromatic nitrogens is 2. The van der Waals surface area contributed by atoms with Gasteiger partial charge in [-0.3, -0.25) is 14.3 Å². The Morgan fingerprint density at radius 2 is 2.23 bits per heavy atom. The Morgan fingerprint density at radius 3 is 2.86 bits per heavy atom. The van der Waals surface area contributed by atoms with E-state index >= 15 is 0 Å². The zero-order chi connectivity index (χ0) is 16.1. The van der Waals surface area contributed by atoms with E-state index in [0.29, 0.717) is 25.1 Å². The number of likely N-dealkylation sites (N-methyl/N-ethyl adjacent to an activating group) is 1. The maximum Gasteiger partial charge on any atom is 0.341 e. The predicted octanol–water partition coefficient (Wildman–Crippen LogP) is -0.249. The molecule has 8 nitrogen and oxygen atoms in total. The van der Waals surface area contributed by atoms with Gasteiger partial charge in [0.05, 0.1) is 18.9 Å². The van der Waals surface area contributed by atoms with Crippen molar-refractivity contribution in [3.8, 4) is 0 Å². The lowest BCUT2D eigenvalue weighted by atomic mass is 10.4. The Hall–Kier alpha value is -2.38. The molecule has 0 unspecified atom stereocenters. The fourth-order valence-corrected chi connectivity index (χ4v) is 2.27. The summed E-state index contributed by atoms with van der Waals surface area (Å²) in [5.74, 6) is -0.471. The van der Waals surface area contributed by atoms with Crippen LogP contribution in [0.25, 0.3) is 0 Å². The summed E-state index contributed by atoms with van der Waals surface area (Å²) < 4.78 is 5.98. The first-order valence-electron chi connectivity index (χ1n) is 7.13. The lowest BCUT2D eigenvalue weighted by Crippen LogP contribution is -2.38. The zero-order valence-corrected chi connectivity index (χ0v) is 12.8. The molecule has 1 fully saturated rings. The molecule has 2 rings (SSSR count). The molecule has 1 aliphatic heterocycles. The van der Waals surface area contributed by atoms with Gasteiger partial charge in [0, 0.05) is 39.3 Å². The smallest absolute Gasteiger partial charge is 0.341 e. The molecule has 0 spiro atoms. The number of likely N-dealkylation sites (tertiary alicyclic amines) is 1. The van der Waals surface area contributed by atoms with E-state index < -0.39 is 5.97 Å². The van der Waals surface area contributed by atoms with E-state index in [0.717, 1.165) is 13.0 Å². The molecule has 0 saturated carbocycles. The van der Waals surface area contributed by atoms with Crippen LogP contribution in [0, 0.1) is 0 Å². The molecule has 1 aromatic heterocycles. The van der Waals surface area contributed by atoms with Gasteiger partial charge < -0.3 is 14.5 Å². The minimum absolute atomic E-state index is 0.0431. The standard InChI is InChI=1S/C14H20N4O4/c1-16(6-7-17-5-3-4-12(17)19)13(20)10-18-9-11(8-15-18)14(21)22-2/h8-9H,3-7,10H2,1-2H3. The molecule has 0 bridgehead atoms. The Morgan fingerprint density at radius 1 is 1.45 bits per heavy atom. The van der Waals surface area contributed by atoms with Gasteiger partial charge in [0.1, 0.15) is 6.54 Å². The van der Waals surface area contributed by atoms with Crippen LogP contribution in [0.3, 0.4) is 0 Å². The largest absolute Gasteiger partial charge is 0.465 e.